The molecule has 5 heteroatoms. The van der Waals surface area contributed by atoms with Gasteiger partial charge in [0.05, 0.1) is 19.3 Å². The first-order chi connectivity index (χ1) is 7.69. The summed E-state index contributed by atoms with van der Waals surface area (Å²) in [6, 6.07) is 7.42. The van der Waals surface area contributed by atoms with E-state index in [1.807, 2.05) is 36.2 Å². The van der Waals surface area contributed by atoms with Gasteiger partial charge in [0.2, 0.25) is 5.12 Å². The summed E-state index contributed by atoms with van der Waals surface area (Å²) in [5, 5.41) is 0.880. The summed E-state index contributed by atoms with van der Waals surface area (Å²) in [6.07, 6.45) is 0. The van der Waals surface area contributed by atoms with Crippen LogP contribution in [0.25, 0.3) is 0 Å². The number of likely N-dealkylation sites (N-methyl/N-ethyl adjacent to an activating group) is 1. The van der Waals surface area contributed by atoms with E-state index >= 15 is 0 Å². The van der Waals surface area contributed by atoms with Crippen molar-refractivity contribution in [3.8, 4) is 5.75 Å². The first kappa shape index (κ1) is 11.0. The highest BCUT2D eigenvalue weighted by Crippen LogP contribution is 2.24. The van der Waals surface area contributed by atoms with Gasteiger partial charge < -0.3 is 9.64 Å². The number of benzene rings is 1. The number of rotatable bonds is 2. The first-order valence-corrected chi connectivity index (χ1v) is 5.65. The zero-order chi connectivity index (χ0) is 11.5. The van der Waals surface area contributed by atoms with Gasteiger partial charge in [-0.2, -0.15) is 0 Å². The fourth-order valence-corrected chi connectivity index (χ4v) is 2.18. The van der Waals surface area contributed by atoms with Crippen LogP contribution in [-0.2, 0) is 4.79 Å². The van der Waals surface area contributed by atoms with E-state index in [-0.39, 0.29) is 5.12 Å². The van der Waals surface area contributed by atoms with Crippen molar-refractivity contribution in [2.75, 3.05) is 20.7 Å². The van der Waals surface area contributed by atoms with Crippen LogP contribution in [0.4, 0.5) is 5.69 Å². The van der Waals surface area contributed by atoms with Gasteiger partial charge in [0.25, 0.3) is 0 Å². The van der Waals surface area contributed by atoms with Crippen LogP contribution in [0.5, 0.6) is 5.75 Å². The average Bonchev–Trinajstić information content (AvgIpc) is 2.59. The van der Waals surface area contributed by atoms with E-state index in [1.165, 1.54) is 11.8 Å². The minimum absolute atomic E-state index is 0.134. The number of carbonyl (C=O) groups is 1. The Bertz CT molecular complexity index is 428. The number of methoxy groups -OCH3 is 1. The smallest absolute Gasteiger partial charge is 0.215 e. The molecule has 1 aliphatic heterocycles. The highest BCUT2D eigenvalue weighted by atomic mass is 32.2. The van der Waals surface area contributed by atoms with E-state index in [4.69, 9.17) is 4.74 Å². The fraction of sp³-hybridized carbons (Fsp3) is 0.273. The molecule has 1 aromatic rings. The number of amidine groups is 1. The number of hydrogen-bond donors (Lipinski definition) is 0. The molecule has 84 valence electrons. The Balaban J connectivity index is 2.19. The van der Waals surface area contributed by atoms with Crippen LogP contribution in [0.2, 0.25) is 0 Å². The third-order valence-corrected chi connectivity index (χ3v) is 3.14. The van der Waals surface area contributed by atoms with E-state index < -0.39 is 0 Å². The zero-order valence-corrected chi connectivity index (χ0v) is 9.95. The molecule has 1 saturated heterocycles. The summed E-state index contributed by atoms with van der Waals surface area (Å²) in [4.78, 5) is 17.4. The predicted octanol–water partition coefficient (Wildman–Crippen LogP) is 1.89. The SMILES string of the molecule is COc1ccc(/N=C2/SC(=O)CN2C)cc1. The van der Waals surface area contributed by atoms with Gasteiger partial charge in [0.15, 0.2) is 5.17 Å². The van der Waals surface area contributed by atoms with Gasteiger partial charge in [-0.15, -0.1) is 0 Å². The quantitative estimate of drug-likeness (QED) is 0.786. The van der Waals surface area contributed by atoms with Gasteiger partial charge in [-0.05, 0) is 36.0 Å². The molecule has 0 radical (unpaired) electrons. The molecule has 0 bridgehead atoms. The maximum atomic E-state index is 11.2. The molecule has 0 amide bonds. The number of nitrogens with zero attached hydrogens (tertiary/aromatic N) is 2. The molecule has 0 atom stereocenters. The van der Waals surface area contributed by atoms with Gasteiger partial charge >= 0.3 is 0 Å². The summed E-state index contributed by atoms with van der Waals surface area (Å²) in [5.74, 6) is 0.799. The van der Waals surface area contributed by atoms with Crippen LogP contribution in [0, 0.1) is 0 Å². The van der Waals surface area contributed by atoms with Crippen molar-refractivity contribution >= 4 is 27.7 Å². The summed E-state index contributed by atoms with van der Waals surface area (Å²) in [5.41, 5.74) is 0.824. The second kappa shape index (κ2) is 4.57. The maximum Gasteiger partial charge on any atom is 0.215 e. The van der Waals surface area contributed by atoms with Crippen molar-refractivity contribution < 1.29 is 9.53 Å². The summed E-state index contributed by atoms with van der Waals surface area (Å²) in [7, 11) is 3.49. The van der Waals surface area contributed by atoms with Crippen molar-refractivity contribution in [1.29, 1.82) is 0 Å². The molecule has 1 fully saturated rings. The summed E-state index contributed by atoms with van der Waals surface area (Å²) >= 11 is 1.18. The highest BCUT2D eigenvalue weighted by molar-refractivity contribution is 8.26. The Morgan fingerprint density at radius 2 is 2.06 bits per heavy atom. The number of ether oxygens (including phenoxy) is 1. The van der Waals surface area contributed by atoms with Crippen LogP contribution in [-0.4, -0.2) is 35.9 Å². The topological polar surface area (TPSA) is 41.9 Å². The highest BCUT2D eigenvalue weighted by Gasteiger charge is 2.23. The molecule has 0 saturated carbocycles. The van der Waals surface area contributed by atoms with Crippen LogP contribution < -0.4 is 4.74 Å². The number of aliphatic imine (C=N–C) groups is 1. The molecule has 16 heavy (non-hydrogen) atoms. The van der Waals surface area contributed by atoms with Gasteiger partial charge in [0, 0.05) is 7.05 Å². The number of thioether (sulfide) groups is 1. The third kappa shape index (κ3) is 2.36. The molecule has 1 aromatic carbocycles. The monoisotopic (exact) mass is 236 g/mol. The minimum atomic E-state index is 0.134. The van der Waals surface area contributed by atoms with Gasteiger partial charge in [-0.3, -0.25) is 4.79 Å². The normalized spacial score (nSPS) is 18.2. The Labute approximate surface area is 98.3 Å². The van der Waals surface area contributed by atoms with Crippen LogP contribution in [0.1, 0.15) is 0 Å². The van der Waals surface area contributed by atoms with Crippen LogP contribution in [0.3, 0.4) is 0 Å². The Kier molecular flexibility index (Phi) is 3.14. The third-order valence-electron chi connectivity index (χ3n) is 2.20. The van der Waals surface area contributed by atoms with Crippen LogP contribution in [0.15, 0.2) is 29.3 Å². The average molecular weight is 236 g/mol. The Hall–Kier alpha value is -1.49. The second-order valence-corrected chi connectivity index (χ2v) is 4.45. The lowest BCUT2D eigenvalue weighted by Gasteiger charge is -2.08. The van der Waals surface area contributed by atoms with E-state index in [9.17, 15) is 4.79 Å². The molecule has 0 aromatic heterocycles. The fourth-order valence-electron chi connectivity index (χ4n) is 1.35. The largest absolute Gasteiger partial charge is 0.497 e. The van der Waals surface area contributed by atoms with Crippen molar-refractivity contribution in [3.63, 3.8) is 0 Å². The molecule has 0 spiro atoms. The van der Waals surface area contributed by atoms with E-state index in [1.54, 1.807) is 7.11 Å². The maximum absolute atomic E-state index is 11.2. The molecule has 4 nitrogen and oxygen atoms in total. The molecule has 0 aliphatic carbocycles. The Morgan fingerprint density at radius 3 is 2.56 bits per heavy atom. The zero-order valence-electron chi connectivity index (χ0n) is 9.14. The van der Waals surface area contributed by atoms with Gasteiger partial charge in [-0.25, -0.2) is 4.99 Å². The number of carbonyl (C=O) groups excluding carboxylic acids is 1. The summed E-state index contributed by atoms with van der Waals surface area (Å²) < 4.78 is 5.06. The van der Waals surface area contributed by atoms with E-state index in [0.29, 0.717) is 6.54 Å². The minimum Gasteiger partial charge on any atom is -0.497 e. The van der Waals surface area contributed by atoms with E-state index in [0.717, 1.165) is 16.6 Å². The van der Waals surface area contributed by atoms with Crippen molar-refractivity contribution in [3.05, 3.63) is 24.3 Å². The lowest BCUT2D eigenvalue weighted by Crippen LogP contribution is -2.18. The predicted molar refractivity (Wildman–Crippen MR) is 65.3 cm³/mol. The van der Waals surface area contributed by atoms with Crippen molar-refractivity contribution in [2.24, 2.45) is 4.99 Å². The lowest BCUT2D eigenvalue weighted by atomic mass is 10.3. The standard InChI is InChI=1S/C11H12N2O2S/c1-13-7-10(14)16-11(13)12-8-3-5-9(15-2)6-4-8/h3-6H,7H2,1-2H3/b12-11+. The molecule has 1 heterocycles. The van der Waals surface area contributed by atoms with Gasteiger partial charge in [-0.1, -0.05) is 0 Å². The van der Waals surface area contributed by atoms with Crippen molar-refractivity contribution in [2.45, 2.75) is 0 Å². The first-order valence-electron chi connectivity index (χ1n) is 4.83. The van der Waals surface area contributed by atoms with E-state index in [2.05, 4.69) is 4.99 Å². The summed E-state index contributed by atoms with van der Waals surface area (Å²) in [6.45, 7) is 0.430. The molecular weight excluding hydrogens is 224 g/mol. The van der Waals surface area contributed by atoms with Crippen LogP contribution >= 0.6 is 11.8 Å². The van der Waals surface area contributed by atoms with Gasteiger partial charge in [0.1, 0.15) is 5.75 Å². The molecule has 2 rings (SSSR count). The van der Waals surface area contributed by atoms with Crippen molar-refractivity contribution in [1.82, 2.24) is 4.90 Å². The second-order valence-electron chi connectivity index (χ2n) is 3.42. The molecule has 1 aliphatic rings. The molecular formula is C11H12N2O2S. The number of hydrogen-bond acceptors (Lipinski definition) is 4. The molecule has 0 unspecified atom stereocenters. The lowest BCUT2D eigenvalue weighted by molar-refractivity contribution is -0.110. The Morgan fingerprint density at radius 1 is 1.38 bits per heavy atom. The molecule has 0 N–H and O–H groups in total.